The van der Waals surface area contributed by atoms with Crippen LogP contribution in [-0.2, 0) is 5.75 Å². The number of thioether (sulfide) groups is 1. The molecule has 0 saturated carbocycles. The van der Waals surface area contributed by atoms with Crippen LogP contribution in [-0.4, -0.2) is 41.5 Å². The molecule has 162 valence electrons. The van der Waals surface area contributed by atoms with Gasteiger partial charge in [-0.1, -0.05) is 37.7 Å². The van der Waals surface area contributed by atoms with Gasteiger partial charge in [0.2, 0.25) is 0 Å². The Hall–Kier alpha value is -2.25. The predicted molar refractivity (Wildman–Crippen MR) is 121 cm³/mol. The molecule has 6 nitrogen and oxygen atoms in total. The van der Waals surface area contributed by atoms with Gasteiger partial charge in [0.15, 0.2) is 11.3 Å². The number of amides is 1. The Balaban J connectivity index is 1.47. The van der Waals surface area contributed by atoms with E-state index >= 15 is 0 Å². The molecule has 0 aliphatic rings. The summed E-state index contributed by atoms with van der Waals surface area (Å²) in [6.07, 6.45) is 2.01. The van der Waals surface area contributed by atoms with Gasteiger partial charge in [0, 0.05) is 6.04 Å². The summed E-state index contributed by atoms with van der Waals surface area (Å²) in [6, 6.07) is 9.56. The van der Waals surface area contributed by atoms with Gasteiger partial charge < -0.3 is 19.1 Å². The molecule has 3 aromatic rings. The molecule has 30 heavy (non-hydrogen) atoms. The molecule has 1 aromatic carbocycles. The maximum atomic E-state index is 12.5. The molecule has 0 aliphatic heterocycles. The first-order chi connectivity index (χ1) is 14.5. The fourth-order valence-corrected chi connectivity index (χ4v) is 4.09. The van der Waals surface area contributed by atoms with Gasteiger partial charge in [-0.05, 0) is 70.1 Å². The zero-order valence-electron chi connectivity index (χ0n) is 18.2. The van der Waals surface area contributed by atoms with Crippen LogP contribution in [0.15, 0.2) is 44.4 Å². The number of aromatic nitrogens is 1. The van der Waals surface area contributed by atoms with Crippen molar-refractivity contribution in [3.63, 3.8) is 0 Å². The van der Waals surface area contributed by atoms with Crippen molar-refractivity contribution in [3.8, 4) is 0 Å². The Bertz CT molecular complexity index is 962. The molecule has 7 heteroatoms. The molecule has 0 radical (unpaired) electrons. The van der Waals surface area contributed by atoms with Crippen molar-refractivity contribution in [1.29, 1.82) is 0 Å². The number of fused-ring (bicyclic) bond motifs is 1. The average molecular weight is 430 g/mol. The van der Waals surface area contributed by atoms with Crippen molar-refractivity contribution in [3.05, 3.63) is 47.4 Å². The van der Waals surface area contributed by atoms with E-state index in [1.54, 1.807) is 6.07 Å². The summed E-state index contributed by atoms with van der Waals surface area (Å²) in [5.74, 6) is 1.45. The van der Waals surface area contributed by atoms with E-state index in [9.17, 15) is 4.79 Å². The van der Waals surface area contributed by atoms with Crippen molar-refractivity contribution < 1.29 is 13.6 Å². The molecular weight excluding hydrogens is 398 g/mol. The number of para-hydroxylation sites is 1. The largest absolute Gasteiger partial charge is 0.455 e. The van der Waals surface area contributed by atoms with Gasteiger partial charge in [-0.2, -0.15) is 0 Å². The van der Waals surface area contributed by atoms with Gasteiger partial charge >= 0.3 is 0 Å². The smallest absolute Gasteiger partial charge is 0.287 e. The summed E-state index contributed by atoms with van der Waals surface area (Å²) in [5, 5.41) is 3.63. The first-order valence-electron chi connectivity index (χ1n) is 10.6. The topological polar surface area (TPSA) is 71.5 Å². The summed E-state index contributed by atoms with van der Waals surface area (Å²) in [6.45, 7) is 11.6. The number of rotatable bonds is 11. The number of hydrogen-bond acceptors (Lipinski definition) is 6. The first-order valence-corrected chi connectivity index (χ1v) is 11.6. The maximum Gasteiger partial charge on any atom is 0.287 e. The monoisotopic (exact) mass is 429 g/mol. The summed E-state index contributed by atoms with van der Waals surface area (Å²) >= 11 is 1.46. The molecule has 1 N–H and O–H groups in total. The summed E-state index contributed by atoms with van der Waals surface area (Å²) < 4.78 is 11.5. The molecule has 2 heterocycles. The van der Waals surface area contributed by atoms with Crippen LogP contribution < -0.4 is 5.32 Å². The van der Waals surface area contributed by atoms with Gasteiger partial charge in [-0.3, -0.25) is 4.79 Å². The number of nitrogens with one attached hydrogen (secondary N) is 1. The highest BCUT2D eigenvalue weighted by Gasteiger charge is 2.15. The lowest BCUT2D eigenvalue weighted by atomic mass is 10.1. The van der Waals surface area contributed by atoms with Crippen LogP contribution in [0.3, 0.4) is 0 Å². The summed E-state index contributed by atoms with van der Waals surface area (Å²) in [7, 11) is 0. The lowest BCUT2D eigenvalue weighted by Crippen LogP contribution is -2.33. The van der Waals surface area contributed by atoms with E-state index < -0.39 is 0 Å². The number of oxazole rings is 1. The molecule has 0 aliphatic carbocycles. The molecule has 1 unspecified atom stereocenters. The van der Waals surface area contributed by atoms with Gasteiger partial charge in [0.25, 0.3) is 11.1 Å². The minimum absolute atomic E-state index is 0.110. The van der Waals surface area contributed by atoms with Gasteiger partial charge in [0.05, 0.1) is 5.75 Å². The highest BCUT2D eigenvalue weighted by atomic mass is 32.2. The van der Waals surface area contributed by atoms with E-state index in [1.807, 2.05) is 38.1 Å². The Morgan fingerprint density at radius 3 is 2.73 bits per heavy atom. The zero-order valence-corrected chi connectivity index (χ0v) is 19.1. The summed E-state index contributed by atoms with van der Waals surface area (Å²) in [4.78, 5) is 19.4. The third kappa shape index (κ3) is 5.89. The SMILES string of the molecule is CCN(CC)CCCC(C)NC(=O)c1ccc(CSc2nc3c(C)cccc3o2)o1. The molecule has 2 aromatic heterocycles. The van der Waals surface area contributed by atoms with E-state index in [1.165, 1.54) is 11.8 Å². The molecule has 1 amide bonds. The van der Waals surface area contributed by atoms with Crippen LogP contribution in [0.1, 0.15) is 55.5 Å². The van der Waals surface area contributed by atoms with E-state index in [2.05, 4.69) is 29.0 Å². The number of aryl methyl sites for hydroxylation is 1. The Morgan fingerprint density at radius 1 is 1.20 bits per heavy atom. The van der Waals surface area contributed by atoms with Gasteiger partial charge in [-0.25, -0.2) is 4.98 Å². The minimum atomic E-state index is -0.168. The molecule has 0 saturated heterocycles. The third-order valence-corrected chi connectivity index (χ3v) is 6.06. The lowest BCUT2D eigenvalue weighted by Gasteiger charge is -2.19. The fraction of sp³-hybridized carbons (Fsp3) is 0.478. The summed E-state index contributed by atoms with van der Waals surface area (Å²) in [5.41, 5.74) is 2.76. The number of benzene rings is 1. The average Bonchev–Trinajstić information content (AvgIpc) is 3.37. The highest BCUT2D eigenvalue weighted by molar-refractivity contribution is 7.98. The Kier molecular flexibility index (Phi) is 7.99. The molecule has 0 bridgehead atoms. The first kappa shape index (κ1) is 22.4. The van der Waals surface area contributed by atoms with E-state index in [4.69, 9.17) is 8.83 Å². The number of carbonyl (C=O) groups is 1. The van der Waals surface area contributed by atoms with E-state index in [-0.39, 0.29) is 11.9 Å². The second-order valence-electron chi connectivity index (χ2n) is 7.50. The van der Waals surface area contributed by atoms with Crippen LogP contribution >= 0.6 is 11.8 Å². The molecular formula is C23H31N3O3S. The lowest BCUT2D eigenvalue weighted by molar-refractivity contribution is 0.0908. The number of hydrogen-bond donors (Lipinski definition) is 1. The van der Waals surface area contributed by atoms with E-state index in [0.717, 1.165) is 54.9 Å². The molecule has 0 spiro atoms. The quantitative estimate of drug-likeness (QED) is 0.419. The number of carbonyl (C=O) groups excluding carboxylic acids is 1. The van der Waals surface area contributed by atoms with Crippen LogP contribution in [0, 0.1) is 6.92 Å². The van der Waals surface area contributed by atoms with Crippen LogP contribution in [0.25, 0.3) is 11.1 Å². The Morgan fingerprint density at radius 2 is 2.00 bits per heavy atom. The molecule has 3 rings (SSSR count). The van der Waals surface area contributed by atoms with Crippen molar-refractivity contribution in [2.24, 2.45) is 0 Å². The maximum absolute atomic E-state index is 12.5. The predicted octanol–water partition coefficient (Wildman–Crippen LogP) is 5.26. The van der Waals surface area contributed by atoms with Gasteiger partial charge in [-0.15, -0.1) is 0 Å². The highest BCUT2D eigenvalue weighted by Crippen LogP contribution is 2.28. The number of nitrogens with zero attached hydrogens (tertiary/aromatic N) is 2. The minimum Gasteiger partial charge on any atom is -0.455 e. The zero-order chi connectivity index (χ0) is 21.5. The van der Waals surface area contributed by atoms with Crippen molar-refractivity contribution in [1.82, 2.24) is 15.2 Å². The van der Waals surface area contributed by atoms with Crippen LogP contribution in [0.4, 0.5) is 0 Å². The second kappa shape index (κ2) is 10.7. The van der Waals surface area contributed by atoms with Crippen LogP contribution in [0.2, 0.25) is 0 Å². The molecule has 1 atom stereocenters. The second-order valence-corrected chi connectivity index (χ2v) is 8.43. The van der Waals surface area contributed by atoms with Gasteiger partial charge in [0.1, 0.15) is 11.3 Å². The van der Waals surface area contributed by atoms with Crippen LogP contribution in [0.5, 0.6) is 0 Å². The van der Waals surface area contributed by atoms with Crippen molar-refractivity contribution in [2.45, 2.75) is 57.6 Å². The van der Waals surface area contributed by atoms with Crippen molar-refractivity contribution >= 4 is 28.8 Å². The molecule has 0 fully saturated rings. The normalized spacial score (nSPS) is 12.6. The van der Waals surface area contributed by atoms with E-state index in [0.29, 0.717) is 16.7 Å². The Labute approximate surface area is 182 Å². The van der Waals surface area contributed by atoms with Crippen molar-refractivity contribution in [2.75, 3.05) is 19.6 Å². The third-order valence-electron chi connectivity index (χ3n) is 5.21. The fourth-order valence-electron chi connectivity index (χ4n) is 3.37. The standard InChI is InChI=1S/C23H31N3O3S/c1-5-26(6-2)14-8-10-17(4)24-22(27)20-13-12-18(28-20)15-30-23-25-21-16(3)9-7-11-19(21)29-23/h7,9,11-13,17H,5-6,8,10,14-15H2,1-4H3,(H,24,27). The number of furan rings is 1.